The summed E-state index contributed by atoms with van der Waals surface area (Å²) >= 11 is 5.95. The molecule has 0 saturated carbocycles. The van der Waals surface area contributed by atoms with E-state index in [2.05, 4.69) is 15.0 Å². The Balaban J connectivity index is 2.51. The van der Waals surface area contributed by atoms with Crippen LogP contribution >= 0.6 is 11.6 Å². The zero-order valence-corrected chi connectivity index (χ0v) is 12.4. The van der Waals surface area contributed by atoms with Crippen LogP contribution in [-0.2, 0) is 0 Å². The van der Waals surface area contributed by atoms with Crippen LogP contribution in [-0.4, -0.2) is 28.0 Å². The molecule has 0 radical (unpaired) electrons. The number of rotatable bonds is 4. The van der Waals surface area contributed by atoms with Gasteiger partial charge in [-0.2, -0.15) is 15.0 Å². The zero-order valence-electron chi connectivity index (χ0n) is 11.7. The molecule has 1 aromatic carbocycles. The van der Waals surface area contributed by atoms with Gasteiger partial charge in [-0.15, -0.1) is 0 Å². The first-order valence-corrected chi connectivity index (χ1v) is 6.85. The summed E-state index contributed by atoms with van der Waals surface area (Å²) in [6.45, 7) is 7.36. The predicted octanol–water partition coefficient (Wildman–Crippen LogP) is 3.49. The SMILES string of the molecule is CCN(CC)c1nc(Cl)nc(-c2cc(C)cc(F)c2)n1. The molecule has 6 heteroatoms. The molecule has 2 aromatic rings. The molecule has 2 rings (SSSR count). The largest absolute Gasteiger partial charge is 0.341 e. The third-order valence-electron chi connectivity index (χ3n) is 2.94. The standard InChI is InChI=1S/C14H16ClFN4/c1-4-20(5-2)14-18-12(17-13(15)19-14)10-6-9(3)7-11(16)8-10/h6-8H,4-5H2,1-3H3. The van der Waals surface area contributed by atoms with Gasteiger partial charge in [0.25, 0.3) is 0 Å². The van der Waals surface area contributed by atoms with Gasteiger partial charge < -0.3 is 4.90 Å². The minimum Gasteiger partial charge on any atom is -0.341 e. The van der Waals surface area contributed by atoms with Gasteiger partial charge in [0.15, 0.2) is 5.82 Å². The number of anilines is 1. The molecule has 0 aliphatic carbocycles. The lowest BCUT2D eigenvalue weighted by molar-refractivity contribution is 0.627. The van der Waals surface area contributed by atoms with Crippen LogP contribution in [0.15, 0.2) is 18.2 Å². The molecule has 0 unspecified atom stereocenters. The summed E-state index contributed by atoms with van der Waals surface area (Å²) in [6.07, 6.45) is 0. The highest BCUT2D eigenvalue weighted by molar-refractivity contribution is 6.28. The van der Waals surface area contributed by atoms with E-state index in [0.29, 0.717) is 17.3 Å². The predicted molar refractivity (Wildman–Crippen MR) is 78.5 cm³/mol. The maximum atomic E-state index is 13.5. The lowest BCUT2D eigenvalue weighted by Gasteiger charge is -2.18. The fourth-order valence-corrected chi connectivity index (χ4v) is 2.14. The molecule has 0 bridgehead atoms. The Morgan fingerprint density at radius 1 is 1.10 bits per heavy atom. The fraction of sp³-hybridized carbons (Fsp3) is 0.357. The highest BCUT2D eigenvalue weighted by atomic mass is 35.5. The number of nitrogens with zero attached hydrogens (tertiary/aromatic N) is 4. The van der Waals surface area contributed by atoms with Gasteiger partial charge in [0, 0.05) is 18.7 Å². The van der Waals surface area contributed by atoms with E-state index in [1.165, 1.54) is 12.1 Å². The van der Waals surface area contributed by atoms with Gasteiger partial charge in [0.1, 0.15) is 5.82 Å². The van der Waals surface area contributed by atoms with Crippen molar-refractivity contribution in [2.75, 3.05) is 18.0 Å². The van der Waals surface area contributed by atoms with Crippen LogP contribution < -0.4 is 4.90 Å². The third-order valence-corrected chi connectivity index (χ3v) is 3.11. The summed E-state index contributed by atoms with van der Waals surface area (Å²) in [5.74, 6) is 0.572. The molecule has 0 saturated heterocycles. The quantitative estimate of drug-likeness (QED) is 0.866. The molecule has 0 fully saturated rings. The van der Waals surface area contributed by atoms with Crippen LogP contribution in [0.2, 0.25) is 5.28 Å². The van der Waals surface area contributed by atoms with Crippen molar-refractivity contribution < 1.29 is 4.39 Å². The number of aromatic nitrogens is 3. The van der Waals surface area contributed by atoms with Crippen LogP contribution in [0.5, 0.6) is 0 Å². The van der Waals surface area contributed by atoms with Crippen LogP contribution in [0.1, 0.15) is 19.4 Å². The van der Waals surface area contributed by atoms with Crippen molar-refractivity contribution in [3.63, 3.8) is 0 Å². The normalized spacial score (nSPS) is 10.7. The Morgan fingerprint density at radius 2 is 1.80 bits per heavy atom. The van der Waals surface area contributed by atoms with Crippen molar-refractivity contribution >= 4 is 17.5 Å². The van der Waals surface area contributed by atoms with Gasteiger partial charge in [0.05, 0.1) is 0 Å². The average Bonchev–Trinajstić information content (AvgIpc) is 2.38. The highest BCUT2D eigenvalue weighted by Gasteiger charge is 2.12. The summed E-state index contributed by atoms with van der Waals surface area (Å²) in [6, 6.07) is 4.67. The van der Waals surface area contributed by atoms with Crippen molar-refractivity contribution in [3.8, 4) is 11.4 Å². The summed E-state index contributed by atoms with van der Waals surface area (Å²) in [4.78, 5) is 14.6. The lowest BCUT2D eigenvalue weighted by Crippen LogP contribution is -2.24. The molecule has 0 N–H and O–H groups in total. The number of hydrogen-bond acceptors (Lipinski definition) is 4. The van der Waals surface area contributed by atoms with Crippen LogP contribution in [0, 0.1) is 12.7 Å². The summed E-state index contributed by atoms with van der Waals surface area (Å²) < 4.78 is 13.5. The van der Waals surface area contributed by atoms with Crippen molar-refractivity contribution in [1.82, 2.24) is 15.0 Å². The molecular formula is C14H16ClFN4. The lowest BCUT2D eigenvalue weighted by atomic mass is 10.1. The first-order valence-electron chi connectivity index (χ1n) is 6.47. The Morgan fingerprint density at radius 3 is 2.40 bits per heavy atom. The van der Waals surface area contributed by atoms with E-state index < -0.39 is 0 Å². The van der Waals surface area contributed by atoms with Gasteiger partial charge in [-0.05, 0) is 56.1 Å². The van der Waals surface area contributed by atoms with Crippen LogP contribution in [0.4, 0.5) is 10.3 Å². The van der Waals surface area contributed by atoms with Gasteiger partial charge in [-0.3, -0.25) is 0 Å². The molecular weight excluding hydrogens is 279 g/mol. The number of aryl methyl sites for hydroxylation is 1. The summed E-state index contributed by atoms with van der Waals surface area (Å²) in [5.41, 5.74) is 1.40. The van der Waals surface area contributed by atoms with Crippen LogP contribution in [0.25, 0.3) is 11.4 Å². The first kappa shape index (κ1) is 14.7. The third kappa shape index (κ3) is 3.22. The number of halogens is 2. The molecule has 106 valence electrons. The van der Waals surface area contributed by atoms with Gasteiger partial charge >= 0.3 is 0 Å². The van der Waals surface area contributed by atoms with E-state index in [1.807, 2.05) is 31.7 Å². The molecule has 0 spiro atoms. The van der Waals surface area contributed by atoms with Crippen molar-refractivity contribution in [3.05, 3.63) is 34.9 Å². The Bertz CT molecular complexity index is 594. The van der Waals surface area contributed by atoms with Gasteiger partial charge in [-0.1, -0.05) is 0 Å². The second-order valence-electron chi connectivity index (χ2n) is 4.42. The molecule has 0 amide bonds. The fourth-order valence-electron chi connectivity index (χ4n) is 1.98. The van der Waals surface area contributed by atoms with E-state index in [0.717, 1.165) is 18.7 Å². The van der Waals surface area contributed by atoms with E-state index in [-0.39, 0.29) is 11.1 Å². The Hall–Kier alpha value is -1.75. The zero-order chi connectivity index (χ0) is 14.7. The molecule has 0 aliphatic heterocycles. The van der Waals surface area contributed by atoms with Crippen molar-refractivity contribution in [1.29, 1.82) is 0 Å². The number of benzene rings is 1. The Kier molecular flexibility index (Phi) is 4.49. The molecule has 0 atom stereocenters. The summed E-state index contributed by atoms with van der Waals surface area (Å²) in [5, 5.41) is 0.110. The van der Waals surface area contributed by atoms with Crippen molar-refractivity contribution in [2.45, 2.75) is 20.8 Å². The van der Waals surface area contributed by atoms with Gasteiger partial charge in [0.2, 0.25) is 11.2 Å². The topological polar surface area (TPSA) is 41.9 Å². The minimum absolute atomic E-state index is 0.110. The molecule has 1 aromatic heterocycles. The minimum atomic E-state index is -0.319. The monoisotopic (exact) mass is 294 g/mol. The van der Waals surface area contributed by atoms with E-state index >= 15 is 0 Å². The first-order chi connectivity index (χ1) is 9.53. The molecule has 20 heavy (non-hydrogen) atoms. The second kappa shape index (κ2) is 6.13. The highest BCUT2D eigenvalue weighted by Crippen LogP contribution is 2.21. The van der Waals surface area contributed by atoms with Gasteiger partial charge in [-0.25, -0.2) is 4.39 Å². The maximum Gasteiger partial charge on any atom is 0.230 e. The second-order valence-corrected chi connectivity index (χ2v) is 4.76. The maximum absolute atomic E-state index is 13.5. The number of hydrogen-bond donors (Lipinski definition) is 0. The van der Waals surface area contributed by atoms with E-state index in [4.69, 9.17) is 11.6 Å². The summed E-state index contributed by atoms with van der Waals surface area (Å²) in [7, 11) is 0. The van der Waals surface area contributed by atoms with E-state index in [9.17, 15) is 4.39 Å². The van der Waals surface area contributed by atoms with Crippen LogP contribution in [0.3, 0.4) is 0 Å². The van der Waals surface area contributed by atoms with E-state index in [1.54, 1.807) is 0 Å². The van der Waals surface area contributed by atoms with Crippen molar-refractivity contribution in [2.24, 2.45) is 0 Å². The molecule has 4 nitrogen and oxygen atoms in total. The molecule has 0 aliphatic rings. The Labute approximate surface area is 122 Å². The smallest absolute Gasteiger partial charge is 0.230 e. The molecule has 1 heterocycles. The average molecular weight is 295 g/mol.